The van der Waals surface area contributed by atoms with E-state index in [9.17, 15) is 30.0 Å². The van der Waals surface area contributed by atoms with Gasteiger partial charge in [-0.05, 0) is 35.9 Å². The standard InChI is InChI=1S/C21H12Cl2O7/c22-13-4-11-17(6-15(13)24)30-18-7-16(25)14(23)5-12(18)19(11)10-3-8(20(26)27)1-2-9(10)21(28)29/h1-7,19,24-25H,(H,26,27)(H,28,29). The summed E-state index contributed by atoms with van der Waals surface area (Å²) in [5.74, 6) is -3.49. The summed E-state index contributed by atoms with van der Waals surface area (Å²) in [5, 5.41) is 39.1. The van der Waals surface area contributed by atoms with Crippen molar-refractivity contribution in [2.24, 2.45) is 0 Å². The average molecular weight is 447 g/mol. The van der Waals surface area contributed by atoms with Gasteiger partial charge >= 0.3 is 11.9 Å². The Bertz CT molecular complexity index is 1180. The number of carbonyl (C=O) groups is 2. The largest absolute Gasteiger partial charge is 0.506 e. The second-order valence-electron chi connectivity index (χ2n) is 6.63. The summed E-state index contributed by atoms with van der Waals surface area (Å²) < 4.78 is 5.78. The predicted molar refractivity (Wildman–Crippen MR) is 108 cm³/mol. The molecule has 0 amide bonds. The van der Waals surface area contributed by atoms with Crippen molar-refractivity contribution >= 4 is 35.1 Å². The van der Waals surface area contributed by atoms with Gasteiger partial charge in [0.05, 0.1) is 21.2 Å². The van der Waals surface area contributed by atoms with E-state index < -0.39 is 17.9 Å². The Labute approximate surface area is 179 Å². The number of halogens is 2. The van der Waals surface area contributed by atoms with Gasteiger partial charge in [-0.1, -0.05) is 23.2 Å². The molecule has 0 radical (unpaired) electrons. The van der Waals surface area contributed by atoms with E-state index in [-0.39, 0.29) is 49.7 Å². The quantitative estimate of drug-likeness (QED) is 0.345. The van der Waals surface area contributed by atoms with Gasteiger partial charge < -0.3 is 25.2 Å². The van der Waals surface area contributed by atoms with Gasteiger partial charge in [0.1, 0.15) is 23.0 Å². The molecule has 1 aliphatic rings. The number of carboxylic acids is 2. The molecule has 0 fully saturated rings. The normalized spacial score (nSPS) is 12.6. The van der Waals surface area contributed by atoms with Crippen LogP contribution in [0.5, 0.6) is 23.0 Å². The highest BCUT2D eigenvalue weighted by molar-refractivity contribution is 6.32. The molecule has 3 aromatic rings. The van der Waals surface area contributed by atoms with E-state index in [2.05, 4.69) is 0 Å². The molecule has 4 rings (SSSR count). The number of phenols is 2. The number of carboxylic acid groups (broad SMARTS) is 2. The summed E-state index contributed by atoms with van der Waals surface area (Å²) in [5.41, 5.74) is 0.724. The van der Waals surface area contributed by atoms with Crippen molar-refractivity contribution in [3.05, 3.63) is 80.3 Å². The van der Waals surface area contributed by atoms with Crippen LogP contribution in [0, 0.1) is 0 Å². The first-order valence-electron chi connectivity index (χ1n) is 8.50. The van der Waals surface area contributed by atoms with Crippen LogP contribution >= 0.6 is 23.2 Å². The molecule has 3 aromatic carbocycles. The third-order valence-corrected chi connectivity index (χ3v) is 5.45. The summed E-state index contributed by atoms with van der Waals surface area (Å²) in [4.78, 5) is 23.4. The fourth-order valence-electron chi connectivity index (χ4n) is 3.49. The number of benzene rings is 3. The maximum absolute atomic E-state index is 11.9. The van der Waals surface area contributed by atoms with E-state index in [1.807, 2.05) is 0 Å². The van der Waals surface area contributed by atoms with Gasteiger partial charge in [0, 0.05) is 29.2 Å². The van der Waals surface area contributed by atoms with Crippen LogP contribution in [-0.4, -0.2) is 32.4 Å². The van der Waals surface area contributed by atoms with Crippen LogP contribution in [0.25, 0.3) is 0 Å². The molecule has 0 unspecified atom stereocenters. The fraction of sp³-hybridized carbons (Fsp3) is 0.0476. The second-order valence-corrected chi connectivity index (χ2v) is 7.44. The average Bonchev–Trinajstić information content (AvgIpc) is 2.68. The predicted octanol–water partition coefficient (Wildman–Crippen LogP) is 5.09. The molecule has 0 aliphatic carbocycles. The van der Waals surface area contributed by atoms with Gasteiger partial charge in [0.2, 0.25) is 0 Å². The maximum atomic E-state index is 11.9. The molecule has 0 spiro atoms. The van der Waals surface area contributed by atoms with Crippen molar-refractivity contribution in [1.29, 1.82) is 0 Å². The second kappa shape index (κ2) is 7.12. The van der Waals surface area contributed by atoms with Crippen LogP contribution in [0.3, 0.4) is 0 Å². The highest BCUT2D eigenvalue weighted by Crippen LogP contribution is 2.52. The summed E-state index contributed by atoms with van der Waals surface area (Å²) >= 11 is 12.2. The summed E-state index contributed by atoms with van der Waals surface area (Å²) in [6.45, 7) is 0. The summed E-state index contributed by atoms with van der Waals surface area (Å²) in [7, 11) is 0. The highest BCUT2D eigenvalue weighted by Gasteiger charge is 2.34. The first-order valence-corrected chi connectivity index (χ1v) is 9.26. The van der Waals surface area contributed by atoms with Crippen LogP contribution in [0.15, 0.2) is 42.5 Å². The van der Waals surface area contributed by atoms with Crippen molar-refractivity contribution in [3.8, 4) is 23.0 Å². The van der Waals surface area contributed by atoms with Crippen molar-refractivity contribution in [3.63, 3.8) is 0 Å². The molecule has 1 aliphatic heterocycles. The lowest BCUT2D eigenvalue weighted by Crippen LogP contribution is -2.16. The lowest BCUT2D eigenvalue weighted by molar-refractivity contribution is 0.0680. The Hall–Kier alpha value is -3.42. The van der Waals surface area contributed by atoms with E-state index in [1.54, 1.807) is 0 Å². The zero-order valence-corrected chi connectivity index (χ0v) is 16.4. The van der Waals surface area contributed by atoms with Crippen molar-refractivity contribution in [2.45, 2.75) is 5.92 Å². The molecule has 7 nitrogen and oxygen atoms in total. The van der Waals surface area contributed by atoms with Gasteiger partial charge in [-0.2, -0.15) is 0 Å². The molecule has 0 bridgehead atoms. The Morgan fingerprint density at radius 3 is 1.77 bits per heavy atom. The number of hydrogen-bond donors (Lipinski definition) is 4. The van der Waals surface area contributed by atoms with E-state index in [0.717, 1.165) is 0 Å². The lowest BCUT2D eigenvalue weighted by atomic mass is 9.80. The minimum absolute atomic E-state index is 0.00180. The summed E-state index contributed by atoms with van der Waals surface area (Å²) in [6, 6.07) is 9.03. The smallest absolute Gasteiger partial charge is 0.335 e. The molecule has 0 atom stereocenters. The van der Waals surface area contributed by atoms with Crippen LogP contribution in [0.2, 0.25) is 10.0 Å². The molecule has 30 heavy (non-hydrogen) atoms. The van der Waals surface area contributed by atoms with Crippen molar-refractivity contribution in [1.82, 2.24) is 0 Å². The molecule has 9 heteroatoms. The summed E-state index contributed by atoms with van der Waals surface area (Å²) in [6.07, 6.45) is 0. The molecule has 1 heterocycles. The van der Waals surface area contributed by atoms with Gasteiger partial charge in [-0.25, -0.2) is 9.59 Å². The molecule has 0 saturated carbocycles. The Balaban J connectivity index is 2.09. The zero-order valence-electron chi connectivity index (χ0n) is 14.9. The molecule has 0 saturated heterocycles. The van der Waals surface area contributed by atoms with E-state index >= 15 is 0 Å². The number of aromatic hydroxyl groups is 2. The van der Waals surface area contributed by atoms with E-state index in [4.69, 9.17) is 27.9 Å². The molecule has 0 aromatic heterocycles. The van der Waals surface area contributed by atoms with Crippen LogP contribution in [0.4, 0.5) is 0 Å². The van der Waals surface area contributed by atoms with Crippen LogP contribution in [-0.2, 0) is 0 Å². The maximum Gasteiger partial charge on any atom is 0.335 e. The first kappa shape index (κ1) is 19.9. The Morgan fingerprint density at radius 2 is 1.30 bits per heavy atom. The SMILES string of the molecule is O=C(O)c1ccc(C(=O)O)c(C2c3cc(Cl)c(O)cc3Oc3cc(O)c(Cl)cc32)c1. The van der Waals surface area contributed by atoms with Crippen molar-refractivity contribution < 1.29 is 34.8 Å². The van der Waals surface area contributed by atoms with Crippen LogP contribution in [0.1, 0.15) is 43.3 Å². The number of fused-ring (bicyclic) bond motifs is 2. The fourth-order valence-corrected chi connectivity index (χ4v) is 3.84. The molecular weight excluding hydrogens is 435 g/mol. The number of hydrogen-bond acceptors (Lipinski definition) is 5. The number of phenolic OH excluding ortho intramolecular Hbond substituents is 2. The van der Waals surface area contributed by atoms with Gasteiger partial charge in [-0.15, -0.1) is 0 Å². The van der Waals surface area contributed by atoms with Crippen LogP contribution < -0.4 is 4.74 Å². The molecular formula is C21H12Cl2O7. The topological polar surface area (TPSA) is 124 Å². The first-order chi connectivity index (χ1) is 14.2. The monoisotopic (exact) mass is 446 g/mol. The van der Waals surface area contributed by atoms with Gasteiger partial charge in [-0.3, -0.25) is 0 Å². The third-order valence-electron chi connectivity index (χ3n) is 4.84. The minimum atomic E-state index is -1.26. The Morgan fingerprint density at radius 1 is 0.767 bits per heavy atom. The minimum Gasteiger partial charge on any atom is -0.506 e. The molecule has 152 valence electrons. The van der Waals surface area contributed by atoms with E-state index in [0.29, 0.717) is 11.1 Å². The zero-order chi connectivity index (χ0) is 21.7. The number of aromatic carboxylic acids is 2. The van der Waals surface area contributed by atoms with Gasteiger partial charge in [0.15, 0.2) is 0 Å². The number of rotatable bonds is 3. The Kier molecular flexibility index (Phi) is 4.72. The van der Waals surface area contributed by atoms with E-state index in [1.165, 1.54) is 42.5 Å². The highest BCUT2D eigenvalue weighted by atomic mass is 35.5. The third kappa shape index (κ3) is 3.18. The van der Waals surface area contributed by atoms with Crippen molar-refractivity contribution in [2.75, 3.05) is 0 Å². The molecule has 4 N–H and O–H groups in total. The van der Waals surface area contributed by atoms with Gasteiger partial charge in [0.25, 0.3) is 0 Å². The number of ether oxygens (including phenoxy) is 1. The lowest BCUT2D eigenvalue weighted by Gasteiger charge is -2.30.